The zero-order valence-corrected chi connectivity index (χ0v) is 35.7. The van der Waals surface area contributed by atoms with Gasteiger partial charge in [0.05, 0.1) is 26.1 Å². The van der Waals surface area contributed by atoms with Gasteiger partial charge in [-0.3, -0.25) is 0 Å². The molecule has 7 aromatic rings. The zero-order valence-electron chi connectivity index (χ0n) is 35.7. The number of pyridine rings is 3. The maximum Gasteiger partial charge on any atom is 0.238 e. The van der Waals surface area contributed by atoms with Crippen molar-refractivity contribution in [2.75, 3.05) is 56.3 Å². The van der Waals surface area contributed by atoms with Crippen LogP contribution in [0, 0.1) is 10.8 Å². The summed E-state index contributed by atoms with van der Waals surface area (Å²) in [5.74, 6) is 2.84. The minimum atomic E-state index is 0.301. The lowest BCUT2D eigenvalue weighted by molar-refractivity contribution is 0.197. The van der Waals surface area contributed by atoms with E-state index in [1.807, 2.05) is 36.8 Å². The van der Waals surface area contributed by atoms with E-state index in [0.717, 1.165) is 107 Å². The van der Waals surface area contributed by atoms with Gasteiger partial charge in [0.2, 0.25) is 23.7 Å². The van der Waals surface area contributed by atoms with E-state index in [1.54, 1.807) is 26.6 Å². The van der Waals surface area contributed by atoms with Crippen LogP contribution >= 0.6 is 0 Å². The van der Waals surface area contributed by atoms with E-state index in [0.29, 0.717) is 46.6 Å². The molecule has 0 bridgehead atoms. The molecule has 2 saturated carbocycles. The molecule has 15 heteroatoms. The van der Waals surface area contributed by atoms with Crippen LogP contribution in [-0.4, -0.2) is 84.4 Å². The first-order valence-corrected chi connectivity index (χ1v) is 21.4. The van der Waals surface area contributed by atoms with Crippen LogP contribution in [0.3, 0.4) is 0 Å². The van der Waals surface area contributed by atoms with Gasteiger partial charge in [-0.15, -0.1) is 0 Å². The van der Waals surface area contributed by atoms with Crippen molar-refractivity contribution in [3.8, 4) is 11.8 Å². The fraction of sp³-hybridized carbons (Fsp3) is 0.489. The molecule has 1 saturated heterocycles. The highest BCUT2D eigenvalue weighted by Gasteiger charge is 2.32. The van der Waals surface area contributed by atoms with Crippen LogP contribution in [0.15, 0.2) is 55.2 Å². The van der Waals surface area contributed by atoms with Crippen LogP contribution in [-0.2, 0) is 0 Å². The average Bonchev–Trinajstić information content (AvgIpc) is 3.77. The molecule has 4 N–H and O–H groups in total. The van der Waals surface area contributed by atoms with Crippen molar-refractivity contribution < 1.29 is 9.47 Å². The van der Waals surface area contributed by atoms with Crippen LogP contribution in [0.2, 0.25) is 0 Å². The van der Waals surface area contributed by atoms with Crippen molar-refractivity contribution in [3.05, 3.63) is 55.2 Å². The Morgan fingerprint density at radius 1 is 0.650 bits per heavy atom. The molecule has 8 heterocycles. The summed E-state index contributed by atoms with van der Waals surface area (Å²) in [5.41, 5.74) is 11.6. The molecule has 7 aromatic heterocycles. The zero-order chi connectivity index (χ0) is 41.6. The number of anilines is 4. The SMILES string of the molecule is COc1nccc2c3cnc(N)nc3n(C3CCC(C)(C)CC3)c12.COc1nccc2c3cnc(Nc4ccc(N5CCNCC5)cn4)nc3n(C3CCC(C)(C)CC3)c12. The predicted molar refractivity (Wildman–Crippen MR) is 238 cm³/mol. The number of nitrogens with one attached hydrogen (secondary N) is 2. The number of hydrogen-bond donors (Lipinski definition) is 3. The van der Waals surface area contributed by atoms with Gasteiger partial charge in [0.25, 0.3) is 0 Å². The molecule has 60 heavy (non-hydrogen) atoms. The van der Waals surface area contributed by atoms with Crippen molar-refractivity contribution in [1.29, 1.82) is 0 Å². The third kappa shape index (κ3) is 7.59. The van der Waals surface area contributed by atoms with E-state index >= 15 is 0 Å². The molecule has 3 aliphatic rings. The van der Waals surface area contributed by atoms with Crippen molar-refractivity contribution in [3.63, 3.8) is 0 Å². The number of aromatic nitrogens is 9. The van der Waals surface area contributed by atoms with Gasteiger partial charge in [-0.25, -0.2) is 24.9 Å². The van der Waals surface area contributed by atoms with E-state index in [2.05, 4.69) is 88.3 Å². The molecule has 0 radical (unpaired) electrons. The summed E-state index contributed by atoms with van der Waals surface area (Å²) in [7, 11) is 3.34. The molecule has 0 atom stereocenters. The van der Waals surface area contributed by atoms with Crippen LogP contribution in [0.4, 0.5) is 23.4 Å². The topological polar surface area (TPSA) is 172 Å². The second kappa shape index (κ2) is 16.0. The molecule has 0 amide bonds. The molecule has 0 spiro atoms. The van der Waals surface area contributed by atoms with Crippen LogP contribution in [0.25, 0.3) is 43.9 Å². The Hall–Kier alpha value is -5.83. The van der Waals surface area contributed by atoms with E-state index in [4.69, 9.17) is 20.2 Å². The summed E-state index contributed by atoms with van der Waals surface area (Å²) in [5, 5.41) is 10.9. The fourth-order valence-corrected chi connectivity index (χ4v) is 9.53. The summed E-state index contributed by atoms with van der Waals surface area (Å²) in [6.07, 6.45) is 18.4. The summed E-state index contributed by atoms with van der Waals surface area (Å²) in [6, 6.07) is 8.87. The largest absolute Gasteiger partial charge is 0.479 e. The number of nitrogens with zero attached hydrogens (tertiary/aromatic N) is 10. The number of hydrogen-bond acceptors (Lipinski definition) is 13. The van der Waals surface area contributed by atoms with Gasteiger partial charge in [0.15, 0.2) is 0 Å². The van der Waals surface area contributed by atoms with Gasteiger partial charge >= 0.3 is 0 Å². The van der Waals surface area contributed by atoms with Crippen molar-refractivity contribution in [1.82, 2.24) is 49.3 Å². The molecule has 0 unspecified atom stereocenters. The maximum atomic E-state index is 5.88. The normalized spacial score (nSPS) is 18.5. The molecule has 2 aliphatic carbocycles. The quantitative estimate of drug-likeness (QED) is 0.140. The minimum absolute atomic E-state index is 0.301. The minimum Gasteiger partial charge on any atom is -0.479 e. The number of nitrogens with two attached hydrogens (primary N) is 1. The molecule has 0 aromatic carbocycles. The van der Waals surface area contributed by atoms with E-state index < -0.39 is 0 Å². The van der Waals surface area contributed by atoms with Gasteiger partial charge in [-0.05, 0) is 86.5 Å². The van der Waals surface area contributed by atoms with Gasteiger partial charge in [-0.2, -0.15) is 9.97 Å². The van der Waals surface area contributed by atoms with E-state index in [9.17, 15) is 0 Å². The number of rotatable bonds is 7. The monoisotopic (exact) mass is 811 g/mol. The summed E-state index contributed by atoms with van der Waals surface area (Å²) >= 11 is 0. The first kappa shape index (κ1) is 39.6. The van der Waals surface area contributed by atoms with Crippen molar-refractivity contribution in [2.45, 2.75) is 91.1 Å². The molecule has 314 valence electrons. The fourth-order valence-electron chi connectivity index (χ4n) is 9.53. The Bertz CT molecular complexity index is 2630. The Morgan fingerprint density at radius 2 is 1.18 bits per heavy atom. The Kier molecular flexibility index (Phi) is 10.6. The molecule has 3 fully saturated rings. The third-order valence-electron chi connectivity index (χ3n) is 13.1. The lowest BCUT2D eigenvalue weighted by atomic mass is 9.75. The summed E-state index contributed by atoms with van der Waals surface area (Å²) < 4.78 is 15.9. The molecule has 15 nitrogen and oxygen atoms in total. The number of methoxy groups -OCH3 is 2. The van der Waals surface area contributed by atoms with Gasteiger partial charge in [0.1, 0.15) is 28.1 Å². The molecular formula is C45H57N13O2. The highest BCUT2D eigenvalue weighted by Crippen LogP contribution is 2.46. The van der Waals surface area contributed by atoms with E-state index in [-0.39, 0.29) is 0 Å². The van der Waals surface area contributed by atoms with Gasteiger partial charge in [0, 0.05) is 84.6 Å². The molecule has 10 rings (SSSR count). The van der Waals surface area contributed by atoms with Crippen molar-refractivity contribution >= 4 is 67.3 Å². The Labute approximate surface area is 350 Å². The standard InChI is InChI=1S/C27H34N8O.C18H23N5O/c1-27(2)9-6-18(7-10-27)35-23-20(8-11-29-25(23)36-3)21-17-31-26(33-24(21)35)32-22-5-4-19(16-30-22)34-14-12-28-13-15-34;1-18(2)7-4-11(5-8-18)23-14-12(6-9-20-16(14)24-3)13-10-21-17(19)22-15(13)23/h4-5,8,11,16-18,28H,6-7,9-10,12-15H2,1-3H3,(H,30,31,32,33);6,9-11H,4-5,7-8H2,1-3H3,(H2,19,21,22). The average molecular weight is 812 g/mol. The highest BCUT2D eigenvalue weighted by atomic mass is 16.5. The third-order valence-corrected chi connectivity index (χ3v) is 13.1. The first-order chi connectivity index (χ1) is 29.0. The summed E-state index contributed by atoms with van der Waals surface area (Å²) in [6.45, 7) is 13.4. The van der Waals surface area contributed by atoms with Gasteiger partial charge < -0.3 is 39.9 Å². The highest BCUT2D eigenvalue weighted by molar-refractivity contribution is 6.09. The van der Waals surface area contributed by atoms with Crippen LogP contribution < -0.4 is 30.7 Å². The number of ether oxygens (including phenoxy) is 2. The smallest absolute Gasteiger partial charge is 0.238 e. The van der Waals surface area contributed by atoms with Crippen molar-refractivity contribution in [2.24, 2.45) is 10.8 Å². The predicted octanol–water partition coefficient (Wildman–Crippen LogP) is 8.39. The van der Waals surface area contributed by atoms with Gasteiger partial charge in [-0.1, -0.05) is 27.7 Å². The number of fused-ring (bicyclic) bond motifs is 6. The second-order valence-electron chi connectivity index (χ2n) is 18.1. The van der Waals surface area contributed by atoms with Crippen LogP contribution in [0.1, 0.15) is 91.1 Å². The lowest BCUT2D eigenvalue weighted by Gasteiger charge is -2.35. The lowest BCUT2D eigenvalue weighted by Crippen LogP contribution is -2.43. The van der Waals surface area contributed by atoms with Crippen LogP contribution in [0.5, 0.6) is 11.8 Å². The Morgan fingerprint density at radius 3 is 1.70 bits per heavy atom. The Balaban J connectivity index is 0.000000167. The maximum absolute atomic E-state index is 5.88. The van der Waals surface area contributed by atoms with E-state index in [1.165, 1.54) is 25.7 Å². The first-order valence-electron chi connectivity index (χ1n) is 21.4. The summed E-state index contributed by atoms with van der Waals surface area (Å²) in [4.78, 5) is 34.3. The molecule has 1 aliphatic heterocycles. The number of piperazine rings is 1. The molecular weight excluding hydrogens is 755 g/mol. The second-order valence-corrected chi connectivity index (χ2v) is 18.1. The number of nitrogen functional groups attached to an aromatic ring is 1.